The second kappa shape index (κ2) is 5.69. The van der Waals surface area contributed by atoms with Gasteiger partial charge in [-0.25, -0.2) is 8.78 Å². The maximum atomic E-state index is 13.1. The molecule has 1 saturated carbocycles. The number of benzene rings is 1. The summed E-state index contributed by atoms with van der Waals surface area (Å²) in [6.45, 7) is 0.698. The number of amides is 1. The van der Waals surface area contributed by atoms with E-state index in [9.17, 15) is 13.6 Å². The summed E-state index contributed by atoms with van der Waals surface area (Å²) in [6, 6.07) is 3.18. The van der Waals surface area contributed by atoms with Gasteiger partial charge < -0.3 is 15.8 Å². The highest BCUT2D eigenvalue weighted by Gasteiger charge is 2.50. The smallest absolute Gasteiger partial charge is 0.224 e. The van der Waals surface area contributed by atoms with Crippen molar-refractivity contribution < 1.29 is 18.3 Å². The minimum atomic E-state index is -0.948. The zero-order valence-corrected chi connectivity index (χ0v) is 11.5. The van der Waals surface area contributed by atoms with Crippen LogP contribution in [0.4, 0.5) is 8.78 Å². The number of rotatable bonds is 3. The monoisotopic (exact) mass is 296 g/mol. The van der Waals surface area contributed by atoms with Crippen LogP contribution in [0.25, 0.3) is 0 Å². The van der Waals surface area contributed by atoms with E-state index in [0.29, 0.717) is 18.1 Å². The summed E-state index contributed by atoms with van der Waals surface area (Å²) in [7, 11) is 0. The Bertz CT molecular complexity index is 552. The molecule has 1 aliphatic heterocycles. The third kappa shape index (κ3) is 2.78. The number of ether oxygens (including phenoxy) is 1. The molecular weight excluding hydrogens is 278 g/mol. The van der Waals surface area contributed by atoms with Crippen LogP contribution in [0.15, 0.2) is 18.2 Å². The lowest BCUT2D eigenvalue weighted by atomic mass is 9.68. The maximum absolute atomic E-state index is 13.1. The van der Waals surface area contributed by atoms with E-state index < -0.39 is 11.6 Å². The summed E-state index contributed by atoms with van der Waals surface area (Å²) in [6.07, 6.45) is 2.02. The van der Waals surface area contributed by atoms with Crippen molar-refractivity contribution in [3.05, 3.63) is 35.4 Å². The number of nitrogens with two attached hydrogens (primary N) is 1. The standard InChI is InChI=1S/C15H18F2N2O2/c16-10-4-3-8(6-11(10)17)7-12(20)19-14-13(18)9-2-1-5-21-15(9)14/h3-4,6,9,13-15H,1-2,5,7,18H2,(H,19,20). The van der Waals surface area contributed by atoms with Crippen molar-refractivity contribution in [3.8, 4) is 0 Å². The summed E-state index contributed by atoms with van der Waals surface area (Å²) in [4.78, 5) is 12.0. The second-order valence-electron chi connectivity index (χ2n) is 5.74. The van der Waals surface area contributed by atoms with Crippen LogP contribution in [0.1, 0.15) is 18.4 Å². The van der Waals surface area contributed by atoms with Gasteiger partial charge in [-0.1, -0.05) is 6.07 Å². The average Bonchev–Trinajstić information content (AvgIpc) is 2.48. The van der Waals surface area contributed by atoms with Crippen LogP contribution >= 0.6 is 0 Å². The summed E-state index contributed by atoms with van der Waals surface area (Å²) < 4.78 is 31.6. The fraction of sp³-hybridized carbons (Fsp3) is 0.533. The molecular formula is C15H18F2N2O2. The summed E-state index contributed by atoms with van der Waals surface area (Å²) in [5.41, 5.74) is 6.49. The molecule has 1 aliphatic carbocycles. The highest BCUT2D eigenvalue weighted by Crippen LogP contribution is 2.36. The van der Waals surface area contributed by atoms with Gasteiger partial charge in [-0.05, 0) is 30.5 Å². The van der Waals surface area contributed by atoms with Crippen molar-refractivity contribution in [1.29, 1.82) is 0 Å². The molecule has 2 aliphatic rings. The first-order chi connectivity index (χ1) is 10.1. The first-order valence-corrected chi connectivity index (χ1v) is 7.17. The van der Waals surface area contributed by atoms with E-state index in [4.69, 9.17) is 10.5 Å². The number of carbonyl (C=O) groups excluding carboxylic acids is 1. The second-order valence-corrected chi connectivity index (χ2v) is 5.74. The lowest BCUT2D eigenvalue weighted by molar-refractivity contribution is -0.138. The van der Waals surface area contributed by atoms with Crippen molar-refractivity contribution in [2.45, 2.75) is 37.5 Å². The predicted octanol–water partition coefficient (Wildman–Crippen LogP) is 1.13. The van der Waals surface area contributed by atoms with E-state index in [-0.39, 0.29) is 30.5 Å². The first kappa shape index (κ1) is 14.4. The molecule has 0 aromatic heterocycles. The van der Waals surface area contributed by atoms with Crippen LogP contribution in [0, 0.1) is 17.6 Å². The number of carbonyl (C=O) groups is 1. The first-order valence-electron chi connectivity index (χ1n) is 7.17. The molecule has 1 aromatic rings. The fourth-order valence-electron chi connectivity index (χ4n) is 3.20. The fourth-order valence-corrected chi connectivity index (χ4v) is 3.20. The van der Waals surface area contributed by atoms with Crippen LogP contribution < -0.4 is 11.1 Å². The van der Waals surface area contributed by atoms with Gasteiger partial charge in [0.25, 0.3) is 0 Å². The summed E-state index contributed by atoms with van der Waals surface area (Å²) in [5, 5.41) is 2.84. The molecule has 6 heteroatoms. The van der Waals surface area contributed by atoms with Gasteiger partial charge in [0, 0.05) is 18.6 Å². The molecule has 21 heavy (non-hydrogen) atoms. The Kier molecular flexibility index (Phi) is 3.91. The Morgan fingerprint density at radius 1 is 1.38 bits per heavy atom. The summed E-state index contributed by atoms with van der Waals surface area (Å²) in [5.74, 6) is -1.81. The lowest BCUT2D eigenvalue weighted by Gasteiger charge is -2.52. The number of hydrogen-bond donors (Lipinski definition) is 2. The molecule has 4 unspecified atom stereocenters. The Morgan fingerprint density at radius 3 is 2.95 bits per heavy atom. The number of halogens is 2. The highest BCUT2D eigenvalue weighted by atomic mass is 19.2. The predicted molar refractivity (Wildman–Crippen MR) is 72.4 cm³/mol. The molecule has 114 valence electrons. The third-order valence-electron chi connectivity index (χ3n) is 4.35. The Morgan fingerprint density at radius 2 is 2.19 bits per heavy atom. The molecule has 1 aromatic carbocycles. The Labute approximate surface area is 121 Å². The number of hydrogen-bond acceptors (Lipinski definition) is 3. The van der Waals surface area contributed by atoms with Gasteiger partial charge in [-0.3, -0.25) is 4.79 Å². The normalized spacial score (nSPS) is 31.2. The van der Waals surface area contributed by atoms with E-state index in [1.165, 1.54) is 6.07 Å². The van der Waals surface area contributed by atoms with Crippen LogP contribution in [-0.4, -0.2) is 30.7 Å². The highest BCUT2D eigenvalue weighted by molar-refractivity contribution is 5.79. The SMILES string of the molecule is NC1C2CCCOC2C1NC(=O)Cc1ccc(F)c(F)c1. The van der Waals surface area contributed by atoms with Gasteiger partial charge in [-0.2, -0.15) is 0 Å². The molecule has 4 atom stereocenters. The zero-order valence-electron chi connectivity index (χ0n) is 11.5. The molecule has 1 amide bonds. The average molecular weight is 296 g/mol. The lowest BCUT2D eigenvalue weighted by Crippen LogP contribution is -2.72. The van der Waals surface area contributed by atoms with Gasteiger partial charge in [0.05, 0.1) is 18.6 Å². The van der Waals surface area contributed by atoms with Crippen LogP contribution in [-0.2, 0) is 16.0 Å². The molecule has 0 bridgehead atoms. The van der Waals surface area contributed by atoms with Gasteiger partial charge in [0.15, 0.2) is 11.6 Å². The molecule has 2 fully saturated rings. The van der Waals surface area contributed by atoms with Crippen molar-refractivity contribution in [2.75, 3.05) is 6.61 Å². The van der Waals surface area contributed by atoms with E-state index >= 15 is 0 Å². The topological polar surface area (TPSA) is 64.3 Å². The van der Waals surface area contributed by atoms with Crippen molar-refractivity contribution in [2.24, 2.45) is 11.7 Å². The van der Waals surface area contributed by atoms with E-state index in [1.54, 1.807) is 0 Å². The van der Waals surface area contributed by atoms with E-state index in [1.807, 2.05) is 0 Å². The van der Waals surface area contributed by atoms with Crippen molar-refractivity contribution >= 4 is 5.91 Å². The Hall–Kier alpha value is -1.53. The molecule has 1 saturated heterocycles. The molecule has 0 spiro atoms. The van der Waals surface area contributed by atoms with Crippen molar-refractivity contribution in [1.82, 2.24) is 5.32 Å². The molecule has 1 heterocycles. The quantitative estimate of drug-likeness (QED) is 0.879. The number of fused-ring (bicyclic) bond motifs is 1. The van der Waals surface area contributed by atoms with Gasteiger partial charge in [-0.15, -0.1) is 0 Å². The summed E-state index contributed by atoms with van der Waals surface area (Å²) >= 11 is 0. The minimum Gasteiger partial charge on any atom is -0.376 e. The van der Waals surface area contributed by atoms with Crippen LogP contribution in [0.3, 0.4) is 0 Å². The Balaban J connectivity index is 1.58. The molecule has 3 rings (SSSR count). The molecule has 0 radical (unpaired) electrons. The number of nitrogens with one attached hydrogen (secondary N) is 1. The van der Waals surface area contributed by atoms with Crippen LogP contribution in [0.5, 0.6) is 0 Å². The molecule has 4 nitrogen and oxygen atoms in total. The molecule has 3 N–H and O–H groups in total. The van der Waals surface area contributed by atoms with Crippen molar-refractivity contribution in [3.63, 3.8) is 0 Å². The zero-order chi connectivity index (χ0) is 15.0. The largest absolute Gasteiger partial charge is 0.376 e. The van der Waals surface area contributed by atoms with E-state index in [0.717, 1.165) is 25.0 Å². The van der Waals surface area contributed by atoms with Crippen LogP contribution in [0.2, 0.25) is 0 Å². The minimum absolute atomic E-state index is 0.00218. The maximum Gasteiger partial charge on any atom is 0.224 e. The van der Waals surface area contributed by atoms with E-state index in [2.05, 4.69) is 5.32 Å². The van der Waals surface area contributed by atoms with Gasteiger partial charge >= 0.3 is 0 Å². The van der Waals surface area contributed by atoms with Gasteiger partial charge in [0.2, 0.25) is 5.91 Å². The third-order valence-corrected chi connectivity index (χ3v) is 4.35. The van der Waals surface area contributed by atoms with Gasteiger partial charge in [0.1, 0.15) is 0 Å².